The minimum atomic E-state index is 0.651. The van der Waals surface area contributed by atoms with Crippen molar-refractivity contribution >= 4 is 0 Å². The lowest BCUT2D eigenvalue weighted by atomic mass is 9.73. The van der Waals surface area contributed by atoms with Crippen LogP contribution in [0.25, 0.3) is 0 Å². The van der Waals surface area contributed by atoms with Crippen molar-refractivity contribution in [2.45, 2.75) is 45.4 Å². The van der Waals surface area contributed by atoms with Crippen LogP contribution in [0, 0.1) is 5.41 Å². The second-order valence-corrected chi connectivity index (χ2v) is 4.04. The summed E-state index contributed by atoms with van der Waals surface area (Å²) < 4.78 is 0. The molecule has 0 aromatic carbocycles. The lowest BCUT2D eigenvalue weighted by molar-refractivity contribution is 0.305. The van der Waals surface area contributed by atoms with Gasteiger partial charge in [-0.15, -0.1) is 0 Å². The first-order valence-corrected chi connectivity index (χ1v) is 4.51. The molecule has 1 saturated carbocycles. The Morgan fingerprint density at radius 2 is 2.20 bits per heavy atom. The van der Waals surface area contributed by atoms with E-state index in [9.17, 15) is 0 Å². The van der Waals surface area contributed by atoms with Crippen molar-refractivity contribution in [3.8, 4) is 0 Å². The quantitative estimate of drug-likeness (QED) is 0.448. The third-order valence-corrected chi connectivity index (χ3v) is 3.29. The van der Waals surface area contributed by atoms with E-state index in [0.717, 1.165) is 0 Å². The summed E-state index contributed by atoms with van der Waals surface area (Å²) >= 11 is 0. The summed E-state index contributed by atoms with van der Waals surface area (Å²) in [6.45, 7) is 2.45. The van der Waals surface area contributed by atoms with E-state index < -0.39 is 0 Å². The number of fused-ring (bicyclic) bond motifs is 1. The van der Waals surface area contributed by atoms with Gasteiger partial charge >= 0.3 is 0 Å². The molecule has 0 nitrogen and oxygen atoms in total. The van der Waals surface area contributed by atoms with Gasteiger partial charge in [-0.3, -0.25) is 0 Å². The van der Waals surface area contributed by atoms with Crippen LogP contribution < -0.4 is 0 Å². The SMILES string of the molecule is CC12CCC=C1CCCC2. The number of hydrogen-bond acceptors (Lipinski definition) is 0. The highest BCUT2D eigenvalue weighted by Crippen LogP contribution is 2.48. The van der Waals surface area contributed by atoms with Gasteiger partial charge in [-0.25, -0.2) is 0 Å². The molecule has 1 unspecified atom stereocenters. The van der Waals surface area contributed by atoms with Crippen LogP contribution >= 0.6 is 0 Å². The van der Waals surface area contributed by atoms with Crippen LogP contribution in [0.2, 0.25) is 0 Å². The van der Waals surface area contributed by atoms with Crippen molar-refractivity contribution in [1.29, 1.82) is 0 Å². The molecular formula is C10H16. The van der Waals surface area contributed by atoms with E-state index in [2.05, 4.69) is 13.0 Å². The van der Waals surface area contributed by atoms with E-state index in [1.165, 1.54) is 38.5 Å². The molecule has 2 aliphatic carbocycles. The Hall–Kier alpha value is -0.260. The van der Waals surface area contributed by atoms with Gasteiger partial charge in [0.15, 0.2) is 0 Å². The monoisotopic (exact) mass is 136 g/mol. The minimum Gasteiger partial charge on any atom is -0.0847 e. The highest BCUT2D eigenvalue weighted by atomic mass is 14.4. The van der Waals surface area contributed by atoms with Gasteiger partial charge in [-0.2, -0.15) is 0 Å². The third-order valence-electron chi connectivity index (χ3n) is 3.29. The molecule has 0 bridgehead atoms. The van der Waals surface area contributed by atoms with Gasteiger partial charge in [0.25, 0.3) is 0 Å². The second-order valence-electron chi connectivity index (χ2n) is 4.04. The molecule has 0 amide bonds. The highest BCUT2D eigenvalue weighted by molar-refractivity contribution is 5.20. The molecule has 1 fully saturated rings. The first kappa shape index (κ1) is 6.45. The topological polar surface area (TPSA) is 0 Å². The molecule has 0 saturated heterocycles. The van der Waals surface area contributed by atoms with E-state index in [4.69, 9.17) is 0 Å². The van der Waals surface area contributed by atoms with Crippen LogP contribution in [0.1, 0.15) is 45.4 Å². The molecule has 0 radical (unpaired) electrons. The van der Waals surface area contributed by atoms with E-state index in [1.54, 1.807) is 5.57 Å². The first-order chi connectivity index (χ1) is 4.81. The summed E-state index contributed by atoms with van der Waals surface area (Å²) in [6.07, 6.45) is 11.0. The Morgan fingerprint density at radius 3 is 3.00 bits per heavy atom. The van der Waals surface area contributed by atoms with E-state index in [1.807, 2.05) is 0 Å². The van der Waals surface area contributed by atoms with Gasteiger partial charge in [0.2, 0.25) is 0 Å². The van der Waals surface area contributed by atoms with Crippen molar-refractivity contribution in [2.75, 3.05) is 0 Å². The van der Waals surface area contributed by atoms with Gasteiger partial charge in [-0.05, 0) is 37.5 Å². The lowest BCUT2D eigenvalue weighted by Crippen LogP contribution is -2.19. The average Bonchev–Trinajstić information content (AvgIpc) is 2.29. The van der Waals surface area contributed by atoms with Gasteiger partial charge in [-0.1, -0.05) is 25.0 Å². The Balaban J connectivity index is 2.22. The zero-order valence-electron chi connectivity index (χ0n) is 6.82. The van der Waals surface area contributed by atoms with Crippen molar-refractivity contribution < 1.29 is 0 Å². The van der Waals surface area contributed by atoms with E-state index in [-0.39, 0.29) is 0 Å². The Bertz CT molecular complexity index is 167. The average molecular weight is 136 g/mol. The number of rotatable bonds is 0. The second kappa shape index (κ2) is 2.11. The predicted octanol–water partition coefficient (Wildman–Crippen LogP) is 3.29. The van der Waals surface area contributed by atoms with E-state index >= 15 is 0 Å². The molecular weight excluding hydrogens is 120 g/mol. The fourth-order valence-corrected chi connectivity index (χ4v) is 2.49. The zero-order valence-corrected chi connectivity index (χ0v) is 6.82. The predicted molar refractivity (Wildman–Crippen MR) is 43.9 cm³/mol. The number of hydrogen-bond donors (Lipinski definition) is 0. The standard InChI is InChI=1S/C10H16/c1-10-7-3-2-5-9(10)6-4-8-10/h6H,2-5,7-8H2,1H3. The molecule has 0 N–H and O–H groups in total. The van der Waals surface area contributed by atoms with Gasteiger partial charge in [0.1, 0.15) is 0 Å². The Kier molecular flexibility index (Phi) is 1.36. The van der Waals surface area contributed by atoms with Crippen molar-refractivity contribution in [3.63, 3.8) is 0 Å². The van der Waals surface area contributed by atoms with E-state index in [0.29, 0.717) is 5.41 Å². The fraction of sp³-hybridized carbons (Fsp3) is 0.800. The molecule has 10 heavy (non-hydrogen) atoms. The summed E-state index contributed by atoms with van der Waals surface area (Å²) in [5, 5.41) is 0. The van der Waals surface area contributed by atoms with Crippen LogP contribution in [0.3, 0.4) is 0 Å². The van der Waals surface area contributed by atoms with Gasteiger partial charge in [0.05, 0.1) is 0 Å². The number of allylic oxidation sites excluding steroid dienone is 2. The largest absolute Gasteiger partial charge is 0.0847 e. The minimum absolute atomic E-state index is 0.651. The van der Waals surface area contributed by atoms with Crippen LogP contribution in [0.4, 0.5) is 0 Å². The summed E-state index contributed by atoms with van der Waals surface area (Å²) in [7, 11) is 0. The third kappa shape index (κ3) is 0.817. The van der Waals surface area contributed by atoms with Crippen molar-refractivity contribution in [1.82, 2.24) is 0 Å². The maximum atomic E-state index is 2.49. The summed E-state index contributed by atoms with van der Waals surface area (Å²) in [5.74, 6) is 0. The van der Waals surface area contributed by atoms with Crippen LogP contribution in [-0.4, -0.2) is 0 Å². The summed E-state index contributed by atoms with van der Waals surface area (Å²) in [4.78, 5) is 0. The first-order valence-electron chi connectivity index (χ1n) is 4.51. The van der Waals surface area contributed by atoms with Crippen LogP contribution in [-0.2, 0) is 0 Å². The molecule has 2 rings (SSSR count). The molecule has 0 heteroatoms. The molecule has 2 aliphatic rings. The van der Waals surface area contributed by atoms with Gasteiger partial charge in [0, 0.05) is 0 Å². The lowest BCUT2D eigenvalue weighted by Gasteiger charge is -2.32. The van der Waals surface area contributed by atoms with Crippen molar-refractivity contribution in [2.24, 2.45) is 5.41 Å². The Morgan fingerprint density at radius 1 is 1.30 bits per heavy atom. The van der Waals surface area contributed by atoms with Crippen LogP contribution in [0.5, 0.6) is 0 Å². The zero-order chi connectivity index (χ0) is 7.03. The maximum Gasteiger partial charge on any atom is -0.0113 e. The van der Waals surface area contributed by atoms with Crippen LogP contribution in [0.15, 0.2) is 11.6 Å². The molecule has 0 aliphatic heterocycles. The molecule has 56 valence electrons. The molecule has 0 heterocycles. The maximum absolute atomic E-state index is 2.49. The van der Waals surface area contributed by atoms with Crippen molar-refractivity contribution in [3.05, 3.63) is 11.6 Å². The fourth-order valence-electron chi connectivity index (χ4n) is 2.49. The van der Waals surface area contributed by atoms with Gasteiger partial charge < -0.3 is 0 Å². The summed E-state index contributed by atoms with van der Waals surface area (Å²) in [5.41, 5.74) is 2.43. The molecule has 0 aromatic rings. The Labute approximate surface area is 63.3 Å². The molecule has 0 aromatic heterocycles. The highest BCUT2D eigenvalue weighted by Gasteiger charge is 2.33. The molecule has 1 atom stereocenters. The summed E-state index contributed by atoms with van der Waals surface area (Å²) in [6, 6.07) is 0. The normalized spacial score (nSPS) is 39.1. The molecule has 0 spiro atoms. The smallest absolute Gasteiger partial charge is 0.0113 e.